The third-order valence-corrected chi connectivity index (χ3v) is 6.36. The van der Waals surface area contributed by atoms with Crippen molar-refractivity contribution >= 4 is 27.7 Å². The van der Waals surface area contributed by atoms with Gasteiger partial charge in [-0.25, -0.2) is 13.1 Å². The maximum absolute atomic E-state index is 12.8. The number of amides is 1. The molecule has 0 aromatic heterocycles. The van der Waals surface area contributed by atoms with E-state index in [1.807, 2.05) is 20.1 Å². The molecule has 8 heteroatoms. The molecule has 1 unspecified atom stereocenters. The molecule has 1 N–H and O–H groups in total. The zero-order chi connectivity index (χ0) is 17.7. The van der Waals surface area contributed by atoms with Crippen molar-refractivity contribution in [2.75, 3.05) is 32.6 Å². The van der Waals surface area contributed by atoms with E-state index in [9.17, 15) is 13.2 Å². The number of thioether (sulfide) groups is 1. The maximum atomic E-state index is 12.8. The van der Waals surface area contributed by atoms with E-state index in [1.165, 1.54) is 17.8 Å². The Kier molecular flexibility index (Phi) is 6.68. The average Bonchev–Trinajstić information content (AvgIpc) is 2.60. The molecule has 1 aromatic carbocycles. The standard InChI is InChI=1S/C16H24N2O4S2/c1-4-12(2)17-24(20,21)13-5-6-15(23-3)14(11-13)16(19)18-7-9-22-10-8-18/h5-6,11-12,17H,4,7-10H2,1-3H3. The van der Waals surface area contributed by atoms with Crippen LogP contribution in [-0.4, -0.2) is 57.8 Å². The zero-order valence-corrected chi connectivity index (χ0v) is 15.9. The maximum Gasteiger partial charge on any atom is 0.255 e. The first-order valence-corrected chi connectivity index (χ1v) is 10.7. The number of hydrogen-bond acceptors (Lipinski definition) is 5. The Morgan fingerprint density at radius 1 is 1.38 bits per heavy atom. The van der Waals surface area contributed by atoms with Crippen LogP contribution in [0.2, 0.25) is 0 Å². The largest absolute Gasteiger partial charge is 0.378 e. The first-order chi connectivity index (χ1) is 11.4. The van der Waals surface area contributed by atoms with Gasteiger partial charge < -0.3 is 9.64 Å². The van der Waals surface area contributed by atoms with Crippen LogP contribution in [0.1, 0.15) is 30.6 Å². The quantitative estimate of drug-likeness (QED) is 0.773. The molecule has 2 rings (SSSR count). The highest BCUT2D eigenvalue weighted by Crippen LogP contribution is 2.25. The van der Waals surface area contributed by atoms with Crippen molar-refractivity contribution in [3.05, 3.63) is 23.8 Å². The summed E-state index contributed by atoms with van der Waals surface area (Å²) in [4.78, 5) is 15.4. The Morgan fingerprint density at radius 2 is 2.04 bits per heavy atom. The van der Waals surface area contributed by atoms with E-state index in [2.05, 4.69) is 4.72 Å². The predicted molar refractivity (Wildman–Crippen MR) is 95.0 cm³/mol. The molecule has 6 nitrogen and oxygen atoms in total. The molecule has 0 radical (unpaired) electrons. The number of carbonyl (C=O) groups excluding carboxylic acids is 1. The molecule has 1 atom stereocenters. The third kappa shape index (κ3) is 4.50. The highest BCUT2D eigenvalue weighted by molar-refractivity contribution is 7.98. The summed E-state index contributed by atoms with van der Waals surface area (Å²) in [5.74, 6) is -0.150. The molecule has 1 aliphatic heterocycles. The first kappa shape index (κ1) is 19.2. The van der Waals surface area contributed by atoms with Gasteiger partial charge in [0, 0.05) is 24.0 Å². The Labute approximate surface area is 148 Å². The normalized spacial score (nSPS) is 16.9. The van der Waals surface area contributed by atoms with E-state index in [-0.39, 0.29) is 16.8 Å². The molecule has 134 valence electrons. The number of carbonyl (C=O) groups is 1. The molecule has 0 spiro atoms. The fraction of sp³-hybridized carbons (Fsp3) is 0.562. The second-order valence-corrected chi connectivity index (χ2v) is 8.26. The summed E-state index contributed by atoms with van der Waals surface area (Å²) in [6, 6.07) is 4.57. The Morgan fingerprint density at radius 3 is 2.62 bits per heavy atom. The van der Waals surface area contributed by atoms with Gasteiger partial charge in [0.05, 0.1) is 23.7 Å². The molecule has 0 saturated carbocycles. The van der Waals surface area contributed by atoms with Gasteiger partial charge in [-0.05, 0) is 37.8 Å². The molecular formula is C16H24N2O4S2. The predicted octanol–water partition coefficient (Wildman–Crippen LogP) is 1.96. The van der Waals surface area contributed by atoms with E-state index in [4.69, 9.17) is 4.74 Å². The van der Waals surface area contributed by atoms with Crippen LogP contribution in [0.4, 0.5) is 0 Å². The summed E-state index contributed by atoms with van der Waals surface area (Å²) in [6.45, 7) is 5.79. The molecule has 1 fully saturated rings. The summed E-state index contributed by atoms with van der Waals surface area (Å²) in [6.07, 6.45) is 2.57. The molecule has 1 amide bonds. The molecule has 1 heterocycles. The van der Waals surface area contributed by atoms with Gasteiger partial charge in [0.25, 0.3) is 5.91 Å². The minimum absolute atomic E-state index is 0.122. The first-order valence-electron chi connectivity index (χ1n) is 7.96. The van der Waals surface area contributed by atoms with Crippen molar-refractivity contribution in [1.82, 2.24) is 9.62 Å². The minimum atomic E-state index is -3.64. The summed E-state index contributed by atoms with van der Waals surface area (Å²) < 4.78 is 32.9. The lowest BCUT2D eigenvalue weighted by Crippen LogP contribution is -2.41. The zero-order valence-electron chi connectivity index (χ0n) is 14.2. The SMILES string of the molecule is CCC(C)NS(=O)(=O)c1ccc(SC)c(C(=O)N2CCOCC2)c1. The lowest BCUT2D eigenvalue weighted by molar-refractivity contribution is 0.0300. The summed E-state index contributed by atoms with van der Waals surface area (Å²) >= 11 is 1.43. The van der Waals surface area contributed by atoms with Crippen LogP contribution < -0.4 is 4.72 Å². The smallest absolute Gasteiger partial charge is 0.255 e. The number of nitrogens with one attached hydrogen (secondary N) is 1. The molecule has 0 bridgehead atoms. The van der Waals surface area contributed by atoms with Gasteiger partial charge in [-0.3, -0.25) is 4.79 Å². The number of sulfonamides is 1. The minimum Gasteiger partial charge on any atom is -0.378 e. The molecule has 1 aliphatic rings. The number of rotatable bonds is 6. The molecular weight excluding hydrogens is 348 g/mol. The van der Waals surface area contributed by atoms with E-state index in [0.29, 0.717) is 38.3 Å². The Bertz CT molecular complexity index is 685. The molecule has 24 heavy (non-hydrogen) atoms. The van der Waals surface area contributed by atoms with Crippen LogP contribution in [0.15, 0.2) is 28.0 Å². The number of nitrogens with zero attached hydrogens (tertiary/aromatic N) is 1. The number of benzene rings is 1. The topological polar surface area (TPSA) is 75.7 Å². The highest BCUT2D eigenvalue weighted by Gasteiger charge is 2.24. The lowest BCUT2D eigenvalue weighted by atomic mass is 10.2. The van der Waals surface area contributed by atoms with E-state index in [1.54, 1.807) is 17.0 Å². The summed E-state index contributed by atoms with van der Waals surface area (Å²) in [5.41, 5.74) is 0.427. The molecule has 1 saturated heterocycles. The van der Waals surface area contributed by atoms with Crippen molar-refractivity contribution in [3.63, 3.8) is 0 Å². The van der Waals surface area contributed by atoms with Gasteiger partial charge >= 0.3 is 0 Å². The lowest BCUT2D eigenvalue weighted by Gasteiger charge is -2.27. The van der Waals surface area contributed by atoms with Gasteiger partial charge in [0.2, 0.25) is 10.0 Å². The number of hydrogen-bond donors (Lipinski definition) is 1. The number of morpholine rings is 1. The van der Waals surface area contributed by atoms with Crippen molar-refractivity contribution in [1.29, 1.82) is 0 Å². The van der Waals surface area contributed by atoms with Gasteiger partial charge in [-0.1, -0.05) is 6.92 Å². The van der Waals surface area contributed by atoms with E-state index in [0.717, 1.165) is 4.90 Å². The van der Waals surface area contributed by atoms with Crippen LogP contribution >= 0.6 is 11.8 Å². The van der Waals surface area contributed by atoms with Crippen LogP contribution in [0.3, 0.4) is 0 Å². The van der Waals surface area contributed by atoms with Crippen LogP contribution in [-0.2, 0) is 14.8 Å². The van der Waals surface area contributed by atoms with Gasteiger partial charge in [0.1, 0.15) is 0 Å². The monoisotopic (exact) mass is 372 g/mol. The Hall–Kier alpha value is -1.09. The van der Waals surface area contributed by atoms with Crippen molar-refractivity contribution in [2.24, 2.45) is 0 Å². The third-order valence-electron chi connectivity index (χ3n) is 3.98. The summed E-state index contributed by atoms with van der Waals surface area (Å²) in [5, 5.41) is 0. The highest BCUT2D eigenvalue weighted by atomic mass is 32.2. The Balaban J connectivity index is 2.35. The van der Waals surface area contributed by atoms with Crippen LogP contribution in [0.5, 0.6) is 0 Å². The molecule has 0 aliphatic carbocycles. The fourth-order valence-electron chi connectivity index (χ4n) is 2.37. The van der Waals surface area contributed by atoms with Gasteiger partial charge in [0.15, 0.2) is 0 Å². The van der Waals surface area contributed by atoms with Crippen LogP contribution in [0, 0.1) is 0 Å². The number of ether oxygens (including phenoxy) is 1. The van der Waals surface area contributed by atoms with Crippen molar-refractivity contribution in [3.8, 4) is 0 Å². The fourth-order valence-corrected chi connectivity index (χ4v) is 4.30. The van der Waals surface area contributed by atoms with E-state index < -0.39 is 10.0 Å². The van der Waals surface area contributed by atoms with Crippen molar-refractivity contribution in [2.45, 2.75) is 36.1 Å². The second kappa shape index (κ2) is 8.33. The summed E-state index contributed by atoms with van der Waals surface area (Å²) in [7, 11) is -3.64. The van der Waals surface area contributed by atoms with Gasteiger partial charge in [-0.2, -0.15) is 0 Å². The van der Waals surface area contributed by atoms with Gasteiger partial charge in [-0.15, -0.1) is 11.8 Å². The van der Waals surface area contributed by atoms with E-state index >= 15 is 0 Å². The van der Waals surface area contributed by atoms with Crippen LogP contribution in [0.25, 0.3) is 0 Å². The average molecular weight is 373 g/mol. The molecule has 1 aromatic rings. The second-order valence-electron chi connectivity index (χ2n) is 5.70. The van der Waals surface area contributed by atoms with Crippen molar-refractivity contribution < 1.29 is 17.9 Å².